The highest BCUT2D eigenvalue weighted by Crippen LogP contribution is 2.47. The number of benzene rings is 1. The highest BCUT2D eigenvalue weighted by molar-refractivity contribution is 8.08. The van der Waals surface area contributed by atoms with E-state index in [0.29, 0.717) is 26.7 Å². The average Bonchev–Trinajstić information content (AvgIpc) is 3.37. The van der Waals surface area contributed by atoms with Crippen LogP contribution < -0.4 is 48.2 Å². The maximum absolute atomic E-state index is 13.1. The van der Waals surface area contributed by atoms with Crippen molar-refractivity contribution in [3.8, 4) is 0 Å². The normalized spacial score (nSPS) is 15.9. The number of thiazole rings is 2. The van der Waals surface area contributed by atoms with Crippen LogP contribution in [0.5, 0.6) is 0 Å². The first kappa shape index (κ1) is 24.3. The second kappa shape index (κ2) is 9.28. The molecule has 4 nitrogen and oxygen atoms in total. The van der Waals surface area contributed by atoms with Gasteiger partial charge in [0, 0.05) is 18.5 Å². The van der Waals surface area contributed by atoms with Crippen LogP contribution >= 0.6 is 34.4 Å². The van der Waals surface area contributed by atoms with Gasteiger partial charge in [-0.2, -0.15) is 17.7 Å². The number of aromatic nitrogens is 2. The molecule has 0 spiro atoms. The molecule has 0 radical (unpaired) electrons. The predicted octanol–water partition coefficient (Wildman–Crippen LogP) is 0.458. The van der Waals surface area contributed by atoms with Crippen LogP contribution in [0.25, 0.3) is 11.1 Å². The van der Waals surface area contributed by atoms with Gasteiger partial charge in [-0.15, -0.1) is 11.3 Å². The molecule has 0 saturated heterocycles. The van der Waals surface area contributed by atoms with Crippen LogP contribution in [-0.4, -0.2) is 11.6 Å². The molecule has 3 heterocycles. The zero-order valence-corrected chi connectivity index (χ0v) is 21.5. The van der Waals surface area contributed by atoms with Crippen LogP contribution in [0.3, 0.4) is 0 Å². The summed E-state index contributed by atoms with van der Waals surface area (Å²) in [7, 11) is 1.71. The van der Waals surface area contributed by atoms with Gasteiger partial charge in [0.25, 0.3) is 10.6 Å². The lowest BCUT2D eigenvalue weighted by atomic mass is 10.2. The third-order valence-corrected chi connectivity index (χ3v) is 8.22. The second-order valence-electron chi connectivity index (χ2n) is 6.64. The molecule has 31 heavy (non-hydrogen) atoms. The molecular weight excluding hydrogens is 578 g/mol. The smallest absolute Gasteiger partial charge is 0.416 e. The molecule has 0 amide bonds. The lowest BCUT2D eigenvalue weighted by molar-refractivity contribution is -0.690. The van der Waals surface area contributed by atoms with E-state index in [1.807, 2.05) is 24.6 Å². The van der Waals surface area contributed by atoms with Gasteiger partial charge in [0.1, 0.15) is 20.8 Å². The number of halogens is 4. The third-order valence-electron chi connectivity index (χ3n) is 4.88. The summed E-state index contributed by atoms with van der Waals surface area (Å²) in [6.07, 6.45) is -0.398. The topological polar surface area (TPSA) is 29.1 Å². The van der Waals surface area contributed by atoms with Crippen molar-refractivity contribution in [2.45, 2.75) is 38.0 Å². The molecule has 2 aromatic heterocycles. The molecule has 4 rings (SSSR count). The van der Waals surface area contributed by atoms with Crippen molar-refractivity contribution in [2.24, 2.45) is 0 Å². The number of anilines is 1. The maximum Gasteiger partial charge on any atom is 0.416 e. The molecule has 1 aliphatic heterocycles. The van der Waals surface area contributed by atoms with E-state index >= 15 is 0 Å². The second-order valence-corrected chi connectivity index (χ2v) is 9.62. The Balaban J connectivity index is 0.00000272. The molecule has 0 N–H and O–H groups in total. The number of nitrogens with zero attached hydrogens (tertiary/aromatic N) is 3. The first-order valence-corrected chi connectivity index (χ1v) is 11.8. The molecule has 0 aliphatic carbocycles. The van der Waals surface area contributed by atoms with E-state index < -0.39 is 11.7 Å². The van der Waals surface area contributed by atoms with E-state index in [1.165, 1.54) is 29.2 Å². The van der Waals surface area contributed by atoms with Gasteiger partial charge in [0.15, 0.2) is 6.20 Å². The monoisotopic (exact) mass is 597 g/mol. The van der Waals surface area contributed by atoms with E-state index in [2.05, 4.69) is 11.5 Å². The summed E-state index contributed by atoms with van der Waals surface area (Å²) in [4.78, 5) is 15.5. The molecule has 3 aromatic rings. The highest BCUT2D eigenvalue weighted by Gasteiger charge is 2.33. The minimum Gasteiger partial charge on any atom is -1.00 e. The summed E-state index contributed by atoms with van der Waals surface area (Å²) in [5.74, 6) is 0. The summed E-state index contributed by atoms with van der Waals surface area (Å²) in [6, 6.07) is 3.70. The summed E-state index contributed by atoms with van der Waals surface area (Å²) in [5, 5.41) is 3.71. The van der Waals surface area contributed by atoms with Crippen molar-refractivity contribution in [3.05, 3.63) is 59.9 Å². The van der Waals surface area contributed by atoms with Crippen LogP contribution in [0, 0.1) is 0 Å². The fourth-order valence-corrected chi connectivity index (χ4v) is 6.65. The third kappa shape index (κ3) is 4.46. The maximum atomic E-state index is 13.1. The summed E-state index contributed by atoms with van der Waals surface area (Å²) >= 11 is 4.31. The number of aryl methyl sites for hydroxylation is 1. The van der Waals surface area contributed by atoms with E-state index in [4.69, 9.17) is 0 Å². The van der Waals surface area contributed by atoms with Gasteiger partial charge in [-0.3, -0.25) is 9.36 Å². The average molecular weight is 597 g/mol. The first-order valence-electron chi connectivity index (χ1n) is 9.30. The van der Waals surface area contributed by atoms with Crippen LogP contribution in [0.1, 0.15) is 24.4 Å². The van der Waals surface area contributed by atoms with Gasteiger partial charge in [-0.05, 0) is 32.0 Å². The van der Waals surface area contributed by atoms with E-state index in [1.54, 1.807) is 27.9 Å². The Morgan fingerprint density at radius 2 is 1.97 bits per heavy atom. The Morgan fingerprint density at radius 3 is 2.61 bits per heavy atom. The highest BCUT2D eigenvalue weighted by atomic mass is 127. The van der Waals surface area contributed by atoms with Gasteiger partial charge in [0.2, 0.25) is 0 Å². The van der Waals surface area contributed by atoms with E-state index in [9.17, 15) is 18.0 Å². The van der Waals surface area contributed by atoms with Crippen molar-refractivity contribution in [1.82, 2.24) is 4.57 Å². The van der Waals surface area contributed by atoms with Gasteiger partial charge in [-0.25, -0.2) is 0 Å². The molecule has 1 aliphatic rings. The number of rotatable bonds is 3. The van der Waals surface area contributed by atoms with Crippen molar-refractivity contribution < 1.29 is 41.7 Å². The molecule has 0 atom stereocenters. The van der Waals surface area contributed by atoms with Crippen molar-refractivity contribution in [1.29, 1.82) is 0 Å². The van der Waals surface area contributed by atoms with Crippen molar-refractivity contribution in [3.63, 3.8) is 0 Å². The Kier molecular flexibility index (Phi) is 7.28. The fourth-order valence-electron chi connectivity index (χ4n) is 3.29. The van der Waals surface area contributed by atoms with Gasteiger partial charge >= 0.3 is 6.18 Å². The first-order chi connectivity index (χ1) is 14.2. The zero-order valence-electron chi connectivity index (χ0n) is 16.9. The lowest BCUT2D eigenvalue weighted by Crippen LogP contribution is -3.00. The van der Waals surface area contributed by atoms with Crippen LogP contribution in [0.15, 0.2) is 39.5 Å². The van der Waals surface area contributed by atoms with Gasteiger partial charge in [-0.1, -0.05) is 23.1 Å². The summed E-state index contributed by atoms with van der Waals surface area (Å²) in [5.41, 5.74) is -0.345. The molecule has 166 valence electrons. The van der Waals surface area contributed by atoms with Crippen molar-refractivity contribution in [2.75, 3.05) is 11.9 Å². The Morgan fingerprint density at radius 1 is 1.23 bits per heavy atom. The molecule has 0 unspecified atom stereocenters. The summed E-state index contributed by atoms with van der Waals surface area (Å²) < 4.78 is 44.6. The Hall–Kier alpha value is -1.31. The van der Waals surface area contributed by atoms with E-state index in [-0.39, 0.29) is 29.5 Å². The minimum atomic E-state index is -4.40. The molecule has 0 fully saturated rings. The van der Waals surface area contributed by atoms with E-state index in [0.717, 1.165) is 28.3 Å². The largest absolute Gasteiger partial charge is 1.00 e. The number of thioether (sulfide) groups is 1. The molecule has 0 bridgehead atoms. The Bertz CT molecular complexity index is 1290. The number of hydrogen-bond acceptors (Lipinski definition) is 5. The lowest BCUT2D eigenvalue weighted by Gasteiger charge is -2.14. The SMILES string of the molecule is CCn1c(=O)/c(=C2/Sc3ccc(C(F)(F)F)cc3N2C)s/c1=C\c1scc[n+]1CC.[I-]. The number of fused-ring (bicyclic) bond motifs is 1. The number of hydrogen-bond donors (Lipinski definition) is 0. The minimum absolute atomic E-state index is 0. The number of alkyl halides is 3. The van der Waals surface area contributed by atoms with Crippen LogP contribution in [-0.2, 0) is 19.3 Å². The van der Waals surface area contributed by atoms with Crippen LogP contribution in [0.2, 0.25) is 0 Å². The Labute approximate surface area is 206 Å². The molecule has 1 aromatic carbocycles. The predicted molar refractivity (Wildman–Crippen MR) is 116 cm³/mol. The molecular formula is C20H19F3IN3OS3. The van der Waals surface area contributed by atoms with Gasteiger partial charge < -0.3 is 28.9 Å². The summed E-state index contributed by atoms with van der Waals surface area (Å²) in [6.45, 7) is 5.32. The fraction of sp³-hybridized carbons (Fsp3) is 0.300. The molecule has 11 heteroatoms. The van der Waals surface area contributed by atoms with Crippen LogP contribution in [0.4, 0.5) is 18.9 Å². The zero-order chi connectivity index (χ0) is 21.6. The standard InChI is InChI=1S/C20H19F3N3OS3.HI/c1-4-25-8-9-28-15(25)11-16-26(5-2)18(27)17(30-16)19-24(3)13-10-12(20(21,22)23)6-7-14(13)29-19;/h6-11H,4-5H2,1-3H3;1H/q+1;/p-1/b19-17-;. The molecule has 0 saturated carbocycles. The van der Waals surface area contributed by atoms with Gasteiger partial charge in [0.05, 0.1) is 22.7 Å². The quantitative estimate of drug-likeness (QED) is 0.325. The van der Waals surface area contributed by atoms with Crippen molar-refractivity contribution >= 4 is 51.2 Å².